The van der Waals surface area contributed by atoms with Crippen molar-refractivity contribution in [2.45, 2.75) is 51.3 Å². The number of benzene rings is 1. The maximum atomic E-state index is 13.2. The highest BCUT2D eigenvalue weighted by atomic mass is 16.5. The van der Waals surface area contributed by atoms with Crippen LogP contribution in [0.5, 0.6) is 0 Å². The molecule has 1 aromatic carbocycles. The summed E-state index contributed by atoms with van der Waals surface area (Å²) in [5.74, 6) is 0.124. The summed E-state index contributed by atoms with van der Waals surface area (Å²) in [5.41, 5.74) is 4.21. The van der Waals surface area contributed by atoms with Crippen LogP contribution in [-0.2, 0) is 34.5 Å². The predicted molar refractivity (Wildman–Crippen MR) is 98.1 cm³/mol. The number of ether oxygens (including phenoxy) is 1. The van der Waals surface area contributed by atoms with E-state index in [0.29, 0.717) is 24.4 Å². The van der Waals surface area contributed by atoms with E-state index in [0.717, 1.165) is 23.4 Å². The Kier molecular flexibility index (Phi) is 3.15. The normalized spacial score (nSPS) is 28.3. The molecule has 5 heteroatoms. The van der Waals surface area contributed by atoms with E-state index < -0.39 is 5.41 Å². The first-order chi connectivity index (χ1) is 12.5. The predicted octanol–water partition coefficient (Wildman–Crippen LogP) is 2.91. The van der Waals surface area contributed by atoms with E-state index in [1.165, 1.54) is 5.56 Å². The van der Waals surface area contributed by atoms with Crippen molar-refractivity contribution in [1.82, 2.24) is 4.57 Å². The third-order valence-electron chi connectivity index (χ3n) is 6.55. The lowest BCUT2D eigenvalue weighted by atomic mass is 9.76. The first kappa shape index (κ1) is 15.7. The standard InChI is InChI=1S/C21H22N2O3/c1-3-21(2)15-9-17-18-13(8-12-6-4-5-7-16(12)22-18)10-23(17)19(24)14(15)11-26-20(21)25/h4-7,9,13,18,22H,3,8,10-11H2,1-2H3. The van der Waals surface area contributed by atoms with Gasteiger partial charge in [0.2, 0.25) is 0 Å². The number of para-hydroxylation sites is 1. The Labute approximate surface area is 152 Å². The van der Waals surface area contributed by atoms with E-state index in [4.69, 9.17) is 4.74 Å². The van der Waals surface area contributed by atoms with E-state index in [1.54, 1.807) is 0 Å². The monoisotopic (exact) mass is 350 g/mol. The fourth-order valence-electron chi connectivity index (χ4n) is 4.77. The number of cyclic esters (lactones) is 1. The Bertz CT molecular complexity index is 993. The molecule has 0 saturated heterocycles. The maximum absolute atomic E-state index is 13.2. The van der Waals surface area contributed by atoms with Gasteiger partial charge in [0.15, 0.2) is 0 Å². The Morgan fingerprint density at radius 3 is 2.92 bits per heavy atom. The van der Waals surface area contributed by atoms with Crippen LogP contribution in [0.25, 0.3) is 0 Å². The third kappa shape index (κ3) is 1.91. The molecule has 4 heterocycles. The van der Waals surface area contributed by atoms with Crippen LogP contribution >= 0.6 is 0 Å². The van der Waals surface area contributed by atoms with Gasteiger partial charge in [-0.2, -0.15) is 0 Å². The first-order valence-electron chi connectivity index (χ1n) is 9.31. The molecule has 0 bridgehead atoms. The topological polar surface area (TPSA) is 60.3 Å². The van der Waals surface area contributed by atoms with Crippen LogP contribution in [0, 0.1) is 5.92 Å². The van der Waals surface area contributed by atoms with Crippen molar-refractivity contribution < 1.29 is 9.53 Å². The SMILES string of the molecule is CCC1(C)C(=O)OCc2c1cc1n(c2=O)CC2Cc3ccccc3NC12. The third-order valence-corrected chi connectivity index (χ3v) is 6.55. The van der Waals surface area contributed by atoms with Crippen LogP contribution in [0.2, 0.25) is 0 Å². The lowest BCUT2D eigenvalue weighted by molar-refractivity contribution is -0.153. The molecule has 26 heavy (non-hydrogen) atoms. The number of anilines is 1. The fourth-order valence-corrected chi connectivity index (χ4v) is 4.77. The number of carbonyl (C=O) groups excluding carboxylic acids is 1. The number of nitrogens with one attached hydrogen (secondary N) is 1. The van der Waals surface area contributed by atoms with Crippen molar-refractivity contribution in [3.8, 4) is 0 Å². The molecular formula is C21H22N2O3. The molecule has 3 atom stereocenters. The first-order valence-corrected chi connectivity index (χ1v) is 9.31. The Morgan fingerprint density at radius 2 is 2.12 bits per heavy atom. The number of rotatable bonds is 1. The number of nitrogens with zero attached hydrogens (tertiary/aromatic N) is 1. The molecule has 0 amide bonds. The molecule has 0 aliphatic carbocycles. The number of hydrogen-bond donors (Lipinski definition) is 1. The summed E-state index contributed by atoms with van der Waals surface area (Å²) in [6.07, 6.45) is 1.58. The molecule has 3 unspecified atom stereocenters. The minimum absolute atomic E-state index is 0.00457. The Hall–Kier alpha value is -2.56. The van der Waals surface area contributed by atoms with Gasteiger partial charge in [0, 0.05) is 23.8 Å². The average molecular weight is 350 g/mol. The molecule has 1 aromatic heterocycles. The van der Waals surface area contributed by atoms with Crippen molar-refractivity contribution in [2.24, 2.45) is 5.92 Å². The zero-order valence-corrected chi connectivity index (χ0v) is 15.0. The highest BCUT2D eigenvalue weighted by Crippen LogP contribution is 2.43. The van der Waals surface area contributed by atoms with Gasteiger partial charge < -0.3 is 14.6 Å². The van der Waals surface area contributed by atoms with Crippen molar-refractivity contribution in [3.05, 3.63) is 63.1 Å². The van der Waals surface area contributed by atoms with E-state index >= 15 is 0 Å². The number of aromatic nitrogens is 1. The van der Waals surface area contributed by atoms with Crippen LogP contribution < -0.4 is 10.9 Å². The van der Waals surface area contributed by atoms with Gasteiger partial charge >= 0.3 is 5.97 Å². The molecule has 134 valence electrons. The molecule has 0 spiro atoms. The minimum atomic E-state index is -0.743. The van der Waals surface area contributed by atoms with Gasteiger partial charge in [0.25, 0.3) is 5.56 Å². The van der Waals surface area contributed by atoms with Crippen molar-refractivity contribution in [2.75, 3.05) is 5.32 Å². The van der Waals surface area contributed by atoms with E-state index in [-0.39, 0.29) is 24.2 Å². The quantitative estimate of drug-likeness (QED) is 0.804. The summed E-state index contributed by atoms with van der Waals surface area (Å²) < 4.78 is 7.24. The molecule has 3 aliphatic rings. The van der Waals surface area contributed by atoms with Gasteiger partial charge in [-0.1, -0.05) is 25.1 Å². The molecule has 0 radical (unpaired) electrons. The lowest BCUT2D eigenvalue weighted by Gasteiger charge is -2.34. The molecule has 0 saturated carbocycles. The molecule has 1 N–H and O–H groups in total. The molecule has 3 aliphatic heterocycles. The van der Waals surface area contributed by atoms with Crippen molar-refractivity contribution in [3.63, 3.8) is 0 Å². The fraction of sp³-hybridized carbons (Fsp3) is 0.429. The van der Waals surface area contributed by atoms with Crippen LogP contribution in [0.15, 0.2) is 35.1 Å². The Morgan fingerprint density at radius 1 is 1.31 bits per heavy atom. The smallest absolute Gasteiger partial charge is 0.316 e. The largest absolute Gasteiger partial charge is 0.460 e. The Balaban J connectivity index is 1.67. The summed E-state index contributed by atoms with van der Waals surface area (Å²) in [5, 5.41) is 3.63. The molecule has 2 aromatic rings. The summed E-state index contributed by atoms with van der Waals surface area (Å²) >= 11 is 0. The second-order valence-corrected chi connectivity index (χ2v) is 7.88. The molecule has 5 nitrogen and oxygen atoms in total. The van der Waals surface area contributed by atoms with E-state index in [9.17, 15) is 9.59 Å². The number of pyridine rings is 1. The summed E-state index contributed by atoms with van der Waals surface area (Å²) in [7, 11) is 0. The number of carbonyl (C=O) groups is 1. The van der Waals surface area contributed by atoms with Crippen molar-refractivity contribution in [1.29, 1.82) is 0 Å². The summed E-state index contributed by atoms with van der Waals surface area (Å²) in [6.45, 7) is 4.66. The second-order valence-electron chi connectivity index (χ2n) is 7.88. The van der Waals surface area contributed by atoms with Crippen LogP contribution in [-0.4, -0.2) is 10.5 Å². The highest BCUT2D eigenvalue weighted by molar-refractivity contribution is 5.84. The van der Waals surface area contributed by atoms with Crippen molar-refractivity contribution >= 4 is 11.7 Å². The van der Waals surface area contributed by atoms with Gasteiger partial charge in [-0.15, -0.1) is 0 Å². The number of fused-ring (bicyclic) bond motifs is 5. The van der Waals surface area contributed by atoms with Crippen LogP contribution in [0.4, 0.5) is 5.69 Å². The van der Waals surface area contributed by atoms with Gasteiger partial charge in [0.05, 0.1) is 17.0 Å². The minimum Gasteiger partial charge on any atom is -0.460 e. The average Bonchev–Trinajstić information content (AvgIpc) is 3.01. The van der Waals surface area contributed by atoms with Gasteiger partial charge in [-0.25, -0.2) is 0 Å². The molecular weight excluding hydrogens is 328 g/mol. The molecule has 5 rings (SSSR count). The second kappa shape index (κ2) is 5.22. The van der Waals surface area contributed by atoms with Crippen LogP contribution in [0.3, 0.4) is 0 Å². The van der Waals surface area contributed by atoms with Gasteiger partial charge in [0.1, 0.15) is 6.61 Å². The summed E-state index contributed by atoms with van der Waals surface area (Å²) in [4.78, 5) is 25.6. The van der Waals surface area contributed by atoms with E-state index in [1.807, 2.05) is 24.5 Å². The summed E-state index contributed by atoms with van der Waals surface area (Å²) in [6, 6.07) is 10.5. The zero-order valence-electron chi connectivity index (χ0n) is 15.0. The van der Waals surface area contributed by atoms with Gasteiger partial charge in [-0.05, 0) is 43.0 Å². The lowest BCUT2D eigenvalue weighted by Crippen LogP contribution is -2.42. The van der Waals surface area contributed by atoms with Crippen LogP contribution in [0.1, 0.15) is 48.7 Å². The maximum Gasteiger partial charge on any atom is 0.316 e. The van der Waals surface area contributed by atoms with Gasteiger partial charge in [-0.3, -0.25) is 9.59 Å². The number of hydrogen-bond acceptors (Lipinski definition) is 4. The highest BCUT2D eigenvalue weighted by Gasteiger charge is 2.45. The zero-order chi connectivity index (χ0) is 18.1. The number of esters is 1. The van der Waals surface area contributed by atoms with E-state index in [2.05, 4.69) is 29.6 Å². The molecule has 0 fully saturated rings.